The van der Waals surface area contributed by atoms with E-state index in [1.807, 2.05) is 6.20 Å². The Morgan fingerprint density at radius 2 is 2.00 bits per heavy atom. The molecule has 84 valence electrons. The second kappa shape index (κ2) is 3.97. The first kappa shape index (κ1) is 10.5. The summed E-state index contributed by atoms with van der Waals surface area (Å²) in [5.41, 5.74) is 4.94. The fourth-order valence-electron chi connectivity index (χ4n) is 2.26. The van der Waals surface area contributed by atoms with Gasteiger partial charge >= 0.3 is 0 Å². The van der Waals surface area contributed by atoms with Crippen LogP contribution in [0.2, 0.25) is 0 Å². The molecule has 3 rings (SSSR count). The molecule has 0 spiro atoms. The summed E-state index contributed by atoms with van der Waals surface area (Å²) < 4.78 is 0. The molecule has 1 aromatic carbocycles. The minimum atomic E-state index is 1.11. The molecule has 2 heterocycles. The van der Waals surface area contributed by atoms with Crippen LogP contribution in [0.3, 0.4) is 0 Å². The van der Waals surface area contributed by atoms with Crippen LogP contribution in [0.15, 0.2) is 41.9 Å². The van der Waals surface area contributed by atoms with E-state index in [0.717, 1.165) is 5.52 Å². The van der Waals surface area contributed by atoms with Gasteiger partial charge < -0.3 is 0 Å². The van der Waals surface area contributed by atoms with Crippen LogP contribution < -0.4 is 0 Å². The molecule has 0 N–H and O–H groups in total. The van der Waals surface area contributed by atoms with Crippen molar-refractivity contribution in [2.75, 3.05) is 0 Å². The Balaban J connectivity index is 2.40. The summed E-state index contributed by atoms with van der Waals surface area (Å²) in [5, 5.41) is 3.37. The first-order valence-electron chi connectivity index (χ1n) is 5.65. The molecule has 2 aromatic heterocycles. The summed E-state index contributed by atoms with van der Waals surface area (Å²) in [6.07, 6.45) is 1.90. The van der Waals surface area contributed by atoms with E-state index in [4.69, 9.17) is 0 Å². The quantitative estimate of drug-likeness (QED) is 0.605. The number of hydrogen-bond acceptors (Lipinski definition) is 2. The van der Waals surface area contributed by atoms with Crippen molar-refractivity contribution in [3.05, 3.63) is 53.0 Å². The van der Waals surface area contributed by atoms with E-state index >= 15 is 0 Å². The van der Waals surface area contributed by atoms with Gasteiger partial charge in [0.25, 0.3) is 0 Å². The maximum atomic E-state index is 4.50. The van der Waals surface area contributed by atoms with E-state index in [2.05, 4.69) is 54.5 Å². The Morgan fingerprint density at radius 1 is 1.12 bits per heavy atom. The van der Waals surface area contributed by atoms with Crippen LogP contribution in [0.5, 0.6) is 0 Å². The molecule has 2 heteroatoms. The van der Waals surface area contributed by atoms with Crippen LogP contribution >= 0.6 is 11.3 Å². The lowest BCUT2D eigenvalue weighted by atomic mass is 10.0. The molecule has 0 aliphatic rings. The number of fused-ring (bicyclic) bond motifs is 1. The lowest BCUT2D eigenvalue weighted by Gasteiger charge is -2.07. The summed E-state index contributed by atoms with van der Waals surface area (Å²) >= 11 is 1.77. The van der Waals surface area contributed by atoms with Gasteiger partial charge in [-0.2, -0.15) is 0 Å². The molecular formula is C15H13NS. The summed E-state index contributed by atoms with van der Waals surface area (Å²) in [4.78, 5) is 5.80. The third-order valence-electron chi connectivity index (χ3n) is 2.97. The SMILES string of the molecule is Cc1cc(C)c2nccc(-c3cccs3)c2c1. The molecule has 0 saturated heterocycles. The number of aryl methyl sites for hydroxylation is 2. The third kappa shape index (κ3) is 1.75. The Bertz CT molecular complexity index is 669. The molecule has 1 nitrogen and oxygen atoms in total. The zero-order valence-corrected chi connectivity index (χ0v) is 10.7. The summed E-state index contributed by atoms with van der Waals surface area (Å²) in [7, 11) is 0. The highest BCUT2D eigenvalue weighted by Crippen LogP contribution is 2.32. The van der Waals surface area contributed by atoms with Crippen molar-refractivity contribution in [2.24, 2.45) is 0 Å². The van der Waals surface area contributed by atoms with Gasteiger partial charge in [0.1, 0.15) is 0 Å². The maximum Gasteiger partial charge on any atom is 0.0737 e. The second-order valence-electron chi connectivity index (χ2n) is 4.31. The average molecular weight is 239 g/mol. The van der Waals surface area contributed by atoms with Gasteiger partial charge in [0, 0.05) is 22.0 Å². The van der Waals surface area contributed by atoms with E-state index in [0.29, 0.717) is 0 Å². The first-order chi connectivity index (χ1) is 8.25. The largest absolute Gasteiger partial charge is 0.256 e. The number of thiophene rings is 1. The maximum absolute atomic E-state index is 4.50. The predicted molar refractivity (Wildman–Crippen MR) is 74.5 cm³/mol. The Morgan fingerprint density at radius 3 is 2.76 bits per heavy atom. The van der Waals surface area contributed by atoms with Crippen molar-refractivity contribution in [1.29, 1.82) is 0 Å². The van der Waals surface area contributed by atoms with Crippen molar-refractivity contribution in [3.8, 4) is 10.4 Å². The molecule has 17 heavy (non-hydrogen) atoms. The van der Waals surface area contributed by atoms with Crippen LogP contribution in [0, 0.1) is 13.8 Å². The number of nitrogens with zero attached hydrogens (tertiary/aromatic N) is 1. The van der Waals surface area contributed by atoms with Gasteiger partial charge in [0.2, 0.25) is 0 Å². The molecule has 0 fully saturated rings. The van der Waals surface area contributed by atoms with Gasteiger partial charge in [-0.1, -0.05) is 17.7 Å². The van der Waals surface area contributed by atoms with Crippen LogP contribution in [-0.2, 0) is 0 Å². The van der Waals surface area contributed by atoms with Gasteiger partial charge in [0.05, 0.1) is 5.52 Å². The number of benzene rings is 1. The number of pyridine rings is 1. The normalized spacial score (nSPS) is 10.9. The Hall–Kier alpha value is -1.67. The van der Waals surface area contributed by atoms with Crippen molar-refractivity contribution in [3.63, 3.8) is 0 Å². The van der Waals surface area contributed by atoms with Crippen molar-refractivity contribution in [2.45, 2.75) is 13.8 Å². The lowest BCUT2D eigenvalue weighted by molar-refractivity contribution is 1.34. The minimum absolute atomic E-state index is 1.11. The van der Waals surface area contributed by atoms with Gasteiger partial charge in [-0.05, 0) is 43.0 Å². The summed E-state index contributed by atoms with van der Waals surface area (Å²) in [6.45, 7) is 4.26. The molecule has 3 aromatic rings. The molecule has 0 aliphatic carbocycles. The average Bonchev–Trinajstić information content (AvgIpc) is 2.81. The molecule has 0 unspecified atom stereocenters. The standard InChI is InChI=1S/C15H13NS/c1-10-8-11(2)15-13(9-10)12(5-6-16-15)14-4-3-7-17-14/h3-9H,1-2H3. The van der Waals surface area contributed by atoms with Crippen LogP contribution in [0.4, 0.5) is 0 Å². The van der Waals surface area contributed by atoms with E-state index in [1.165, 1.54) is 27.0 Å². The van der Waals surface area contributed by atoms with E-state index in [9.17, 15) is 0 Å². The number of hydrogen-bond donors (Lipinski definition) is 0. The van der Waals surface area contributed by atoms with Crippen molar-refractivity contribution < 1.29 is 0 Å². The molecule has 0 radical (unpaired) electrons. The van der Waals surface area contributed by atoms with Gasteiger partial charge in [-0.25, -0.2) is 0 Å². The monoisotopic (exact) mass is 239 g/mol. The molecular weight excluding hydrogens is 226 g/mol. The topological polar surface area (TPSA) is 12.9 Å². The Labute approximate surface area is 105 Å². The smallest absolute Gasteiger partial charge is 0.0737 e. The molecule has 0 atom stereocenters. The highest BCUT2D eigenvalue weighted by molar-refractivity contribution is 7.13. The summed E-state index contributed by atoms with van der Waals surface area (Å²) in [6, 6.07) is 10.8. The minimum Gasteiger partial charge on any atom is -0.256 e. The fraction of sp³-hybridized carbons (Fsp3) is 0.133. The third-order valence-corrected chi connectivity index (χ3v) is 3.87. The van der Waals surface area contributed by atoms with Crippen LogP contribution in [0.1, 0.15) is 11.1 Å². The molecule has 0 bridgehead atoms. The number of aromatic nitrogens is 1. The second-order valence-corrected chi connectivity index (χ2v) is 5.26. The predicted octanol–water partition coefficient (Wildman–Crippen LogP) is 4.58. The molecule has 0 saturated carbocycles. The van der Waals surface area contributed by atoms with Crippen molar-refractivity contribution in [1.82, 2.24) is 4.98 Å². The zero-order valence-electron chi connectivity index (χ0n) is 9.90. The van der Waals surface area contributed by atoms with E-state index in [1.54, 1.807) is 11.3 Å². The first-order valence-corrected chi connectivity index (χ1v) is 6.53. The van der Waals surface area contributed by atoms with E-state index in [-0.39, 0.29) is 0 Å². The van der Waals surface area contributed by atoms with E-state index < -0.39 is 0 Å². The van der Waals surface area contributed by atoms with Crippen LogP contribution in [-0.4, -0.2) is 4.98 Å². The zero-order chi connectivity index (χ0) is 11.8. The fourth-order valence-corrected chi connectivity index (χ4v) is 3.03. The highest BCUT2D eigenvalue weighted by Gasteiger charge is 2.07. The Kier molecular flexibility index (Phi) is 2.45. The van der Waals surface area contributed by atoms with Gasteiger partial charge in [-0.15, -0.1) is 11.3 Å². The molecule has 0 aliphatic heterocycles. The van der Waals surface area contributed by atoms with Gasteiger partial charge in [-0.3, -0.25) is 4.98 Å². The van der Waals surface area contributed by atoms with Crippen LogP contribution in [0.25, 0.3) is 21.3 Å². The summed E-state index contributed by atoms with van der Waals surface area (Å²) in [5.74, 6) is 0. The van der Waals surface area contributed by atoms with Gasteiger partial charge in [0.15, 0.2) is 0 Å². The molecule has 0 amide bonds. The highest BCUT2D eigenvalue weighted by atomic mass is 32.1. The number of rotatable bonds is 1. The van der Waals surface area contributed by atoms with Crippen molar-refractivity contribution >= 4 is 22.2 Å². The lowest BCUT2D eigenvalue weighted by Crippen LogP contribution is -1.87.